The average molecular weight is 252 g/mol. The minimum Gasteiger partial charge on any atom is -0.496 e. The fraction of sp³-hybridized carbons (Fsp3) is 0.600. The van der Waals surface area contributed by atoms with Gasteiger partial charge in [0.15, 0.2) is 0 Å². The molecule has 1 N–H and O–H groups in total. The maximum absolute atomic E-state index is 10.3. The first kappa shape index (κ1) is 15.0. The van der Waals surface area contributed by atoms with Gasteiger partial charge in [0.1, 0.15) is 5.75 Å². The predicted molar refractivity (Wildman–Crippen MR) is 73.0 cm³/mol. The van der Waals surface area contributed by atoms with Gasteiger partial charge in [-0.05, 0) is 45.7 Å². The van der Waals surface area contributed by atoms with Crippen LogP contribution in [0, 0.1) is 6.92 Å². The van der Waals surface area contributed by atoms with Crippen molar-refractivity contribution in [3.63, 3.8) is 0 Å². The number of benzene rings is 1. The summed E-state index contributed by atoms with van der Waals surface area (Å²) in [6.45, 7) is 6.05. The average Bonchev–Trinajstić information content (AvgIpc) is 2.36. The van der Waals surface area contributed by atoms with Crippen molar-refractivity contribution in [2.24, 2.45) is 0 Å². The number of rotatable bonds is 6. The van der Waals surface area contributed by atoms with Gasteiger partial charge in [-0.3, -0.25) is 0 Å². The Morgan fingerprint density at radius 3 is 2.50 bits per heavy atom. The summed E-state index contributed by atoms with van der Waals surface area (Å²) in [5.74, 6) is 0.739. The molecule has 3 heteroatoms. The lowest BCUT2D eigenvalue weighted by Crippen LogP contribution is -2.23. The molecule has 0 heterocycles. The summed E-state index contributed by atoms with van der Waals surface area (Å²) in [4.78, 5) is 0. The second-order valence-corrected chi connectivity index (χ2v) is 5.26. The number of ether oxygens (including phenoxy) is 2. The Morgan fingerprint density at radius 2 is 1.94 bits per heavy atom. The second kappa shape index (κ2) is 6.21. The number of aliphatic hydroxyl groups is 1. The first-order valence-corrected chi connectivity index (χ1v) is 6.27. The van der Waals surface area contributed by atoms with E-state index in [1.165, 1.54) is 0 Å². The molecule has 102 valence electrons. The molecule has 0 saturated carbocycles. The molecule has 1 rings (SSSR count). The highest BCUT2D eigenvalue weighted by molar-refractivity contribution is 5.38. The van der Waals surface area contributed by atoms with Crippen LogP contribution >= 0.6 is 0 Å². The van der Waals surface area contributed by atoms with Gasteiger partial charge in [0, 0.05) is 12.7 Å². The number of hydrogen-bond acceptors (Lipinski definition) is 3. The molecule has 1 aromatic rings. The standard InChI is InChI=1S/C15H24O3/c1-11-6-7-14(17-4)12(10-11)13(16)8-9-15(2,3)18-5/h6-7,10,13,16H,8-9H2,1-5H3. The third-order valence-corrected chi connectivity index (χ3v) is 3.32. The molecule has 0 radical (unpaired) electrons. The normalized spacial score (nSPS) is 13.4. The summed E-state index contributed by atoms with van der Waals surface area (Å²) in [5.41, 5.74) is 1.76. The lowest BCUT2D eigenvalue weighted by atomic mass is 9.95. The lowest BCUT2D eigenvalue weighted by Gasteiger charge is -2.24. The Balaban J connectivity index is 2.77. The second-order valence-electron chi connectivity index (χ2n) is 5.26. The minimum absolute atomic E-state index is 0.210. The third kappa shape index (κ3) is 4.00. The zero-order valence-corrected chi connectivity index (χ0v) is 12.0. The summed E-state index contributed by atoms with van der Waals surface area (Å²) >= 11 is 0. The van der Waals surface area contributed by atoms with E-state index in [0.717, 1.165) is 23.3 Å². The number of hydrogen-bond donors (Lipinski definition) is 1. The number of methoxy groups -OCH3 is 2. The molecule has 0 saturated heterocycles. The Morgan fingerprint density at radius 1 is 1.28 bits per heavy atom. The Bertz CT molecular complexity index is 385. The summed E-state index contributed by atoms with van der Waals surface area (Å²) in [7, 11) is 3.32. The van der Waals surface area contributed by atoms with Gasteiger partial charge in [-0.2, -0.15) is 0 Å². The quantitative estimate of drug-likeness (QED) is 0.844. The first-order valence-electron chi connectivity index (χ1n) is 6.27. The summed E-state index contributed by atoms with van der Waals surface area (Å²) in [6, 6.07) is 5.85. The van der Waals surface area contributed by atoms with Gasteiger partial charge in [0.05, 0.1) is 18.8 Å². The zero-order valence-electron chi connectivity index (χ0n) is 12.0. The maximum Gasteiger partial charge on any atom is 0.124 e. The molecule has 0 aromatic heterocycles. The smallest absolute Gasteiger partial charge is 0.124 e. The van der Waals surface area contributed by atoms with Crippen LogP contribution in [-0.2, 0) is 4.74 Å². The van der Waals surface area contributed by atoms with Crippen molar-refractivity contribution in [1.82, 2.24) is 0 Å². The predicted octanol–water partition coefficient (Wildman–Crippen LogP) is 3.24. The molecular weight excluding hydrogens is 228 g/mol. The van der Waals surface area contributed by atoms with Crippen molar-refractivity contribution >= 4 is 0 Å². The largest absolute Gasteiger partial charge is 0.496 e. The van der Waals surface area contributed by atoms with Crippen molar-refractivity contribution in [2.45, 2.75) is 45.3 Å². The molecule has 1 unspecified atom stereocenters. The Labute approximate surface area is 110 Å². The van der Waals surface area contributed by atoms with Crippen molar-refractivity contribution in [3.8, 4) is 5.75 Å². The van der Waals surface area contributed by atoms with E-state index < -0.39 is 6.10 Å². The van der Waals surface area contributed by atoms with E-state index in [0.29, 0.717) is 6.42 Å². The molecule has 3 nitrogen and oxygen atoms in total. The van der Waals surface area contributed by atoms with E-state index in [2.05, 4.69) is 0 Å². The van der Waals surface area contributed by atoms with Crippen LogP contribution in [0.25, 0.3) is 0 Å². The molecular formula is C15H24O3. The van der Waals surface area contributed by atoms with Gasteiger partial charge in [-0.25, -0.2) is 0 Å². The molecule has 0 fully saturated rings. The van der Waals surface area contributed by atoms with Crippen molar-refractivity contribution in [3.05, 3.63) is 29.3 Å². The molecule has 0 aliphatic heterocycles. The molecule has 0 spiro atoms. The molecule has 18 heavy (non-hydrogen) atoms. The summed E-state index contributed by atoms with van der Waals surface area (Å²) < 4.78 is 10.7. The van der Waals surface area contributed by atoms with Gasteiger partial charge in [-0.1, -0.05) is 11.6 Å². The molecule has 1 atom stereocenters. The Kier molecular flexibility index (Phi) is 5.17. The molecule has 0 amide bonds. The van der Waals surface area contributed by atoms with E-state index in [4.69, 9.17) is 9.47 Å². The third-order valence-electron chi connectivity index (χ3n) is 3.32. The van der Waals surface area contributed by atoms with Crippen molar-refractivity contribution in [1.29, 1.82) is 0 Å². The lowest BCUT2D eigenvalue weighted by molar-refractivity contribution is 0.00259. The number of aliphatic hydroxyl groups excluding tert-OH is 1. The molecule has 0 aliphatic rings. The Hall–Kier alpha value is -1.06. The molecule has 1 aromatic carbocycles. The van der Waals surface area contributed by atoms with E-state index in [-0.39, 0.29) is 5.60 Å². The van der Waals surface area contributed by atoms with E-state index >= 15 is 0 Å². The van der Waals surface area contributed by atoms with Gasteiger partial charge >= 0.3 is 0 Å². The highest BCUT2D eigenvalue weighted by atomic mass is 16.5. The van der Waals surface area contributed by atoms with Crippen LogP contribution in [0.4, 0.5) is 0 Å². The fourth-order valence-corrected chi connectivity index (χ4v) is 1.86. The maximum atomic E-state index is 10.3. The number of aryl methyl sites for hydroxylation is 1. The summed E-state index contributed by atoms with van der Waals surface area (Å²) in [6.07, 6.45) is 0.928. The van der Waals surface area contributed by atoms with Gasteiger partial charge in [-0.15, -0.1) is 0 Å². The van der Waals surface area contributed by atoms with E-state index in [9.17, 15) is 5.11 Å². The van der Waals surface area contributed by atoms with Crippen molar-refractivity contribution < 1.29 is 14.6 Å². The van der Waals surface area contributed by atoms with Crippen LogP contribution in [0.1, 0.15) is 43.9 Å². The van der Waals surface area contributed by atoms with E-state index in [1.807, 2.05) is 39.0 Å². The monoisotopic (exact) mass is 252 g/mol. The van der Waals surface area contributed by atoms with Crippen molar-refractivity contribution in [2.75, 3.05) is 14.2 Å². The molecule has 0 bridgehead atoms. The highest BCUT2D eigenvalue weighted by Gasteiger charge is 2.20. The van der Waals surface area contributed by atoms with Crippen LogP contribution in [0.3, 0.4) is 0 Å². The summed E-state index contributed by atoms with van der Waals surface area (Å²) in [5, 5.41) is 10.3. The van der Waals surface area contributed by atoms with Gasteiger partial charge in [0.2, 0.25) is 0 Å². The SMILES string of the molecule is COc1ccc(C)cc1C(O)CCC(C)(C)OC. The first-order chi connectivity index (χ1) is 8.39. The van der Waals surface area contributed by atoms with Crippen LogP contribution in [-0.4, -0.2) is 24.9 Å². The van der Waals surface area contributed by atoms with Crippen LogP contribution < -0.4 is 4.74 Å². The fourth-order valence-electron chi connectivity index (χ4n) is 1.86. The zero-order chi connectivity index (χ0) is 13.8. The van der Waals surface area contributed by atoms with Crippen LogP contribution in [0.2, 0.25) is 0 Å². The van der Waals surface area contributed by atoms with E-state index in [1.54, 1.807) is 14.2 Å². The minimum atomic E-state index is -0.519. The van der Waals surface area contributed by atoms with Gasteiger partial charge in [0.25, 0.3) is 0 Å². The topological polar surface area (TPSA) is 38.7 Å². The molecule has 0 aliphatic carbocycles. The van der Waals surface area contributed by atoms with Gasteiger partial charge < -0.3 is 14.6 Å². The van der Waals surface area contributed by atoms with Crippen LogP contribution in [0.15, 0.2) is 18.2 Å². The van der Waals surface area contributed by atoms with Crippen LogP contribution in [0.5, 0.6) is 5.75 Å². The highest BCUT2D eigenvalue weighted by Crippen LogP contribution is 2.31.